The van der Waals surface area contributed by atoms with Gasteiger partial charge in [0.2, 0.25) is 5.91 Å². The number of hydrogen-bond donors (Lipinski definition) is 2. The molecule has 0 radical (unpaired) electrons. The fourth-order valence-corrected chi connectivity index (χ4v) is 3.53. The Hall–Kier alpha value is -2.66. The van der Waals surface area contributed by atoms with Crippen molar-refractivity contribution >= 4 is 11.9 Å². The number of amides is 1. The summed E-state index contributed by atoms with van der Waals surface area (Å²) in [6.45, 7) is 2.59. The van der Waals surface area contributed by atoms with Gasteiger partial charge in [0.15, 0.2) is 0 Å². The summed E-state index contributed by atoms with van der Waals surface area (Å²) in [6, 6.07) is 18.8. The molecule has 27 heavy (non-hydrogen) atoms. The number of carboxylic acids is 1. The van der Waals surface area contributed by atoms with Crippen LogP contribution in [0.15, 0.2) is 60.7 Å². The van der Waals surface area contributed by atoms with E-state index >= 15 is 0 Å². The van der Waals surface area contributed by atoms with Gasteiger partial charge in [-0.1, -0.05) is 60.7 Å². The van der Waals surface area contributed by atoms with Crippen LogP contribution < -0.4 is 5.32 Å². The molecule has 0 spiro atoms. The molecule has 0 saturated carbocycles. The summed E-state index contributed by atoms with van der Waals surface area (Å²) >= 11 is 0. The van der Waals surface area contributed by atoms with Crippen LogP contribution in [0.25, 0.3) is 0 Å². The van der Waals surface area contributed by atoms with Crippen molar-refractivity contribution in [3.8, 4) is 0 Å². The zero-order valence-electron chi connectivity index (χ0n) is 15.4. The Labute approximate surface area is 160 Å². The second-order valence-electron chi connectivity index (χ2n) is 7.13. The number of nitrogens with one attached hydrogen (secondary N) is 1. The van der Waals surface area contributed by atoms with E-state index in [4.69, 9.17) is 0 Å². The van der Waals surface area contributed by atoms with Crippen LogP contribution in [0.5, 0.6) is 0 Å². The third-order valence-electron chi connectivity index (χ3n) is 5.10. The van der Waals surface area contributed by atoms with Gasteiger partial charge in [-0.3, -0.25) is 9.69 Å². The third kappa shape index (κ3) is 5.66. The topological polar surface area (TPSA) is 69.6 Å². The van der Waals surface area contributed by atoms with Crippen molar-refractivity contribution in [1.29, 1.82) is 0 Å². The second kappa shape index (κ2) is 9.33. The maximum Gasteiger partial charge on any atom is 0.326 e. The largest absolute Gasteiger partial charge is 0.480 e. The van der Waals surface area contributed by atoms with Gasteiger partial charge in [0.05, 0.1) is 0 Å². The highest BCUT2D eigenvalue weighted by Crippen LogP contribution is 2.19. The number of nitrogens with zero attached hydrogens (tertiary/aromatic N) is 1. The SMILES string of the molecule is O=C(N[C@H](Cc1ccccc1)C(=O)O)C1CCN(Cc2ccccc2)CC1. The molecule has 0 aromatic heterocycles. The van der Waals surface area contributed by atoms with E-state index in [0.29, 0.717) is 6.42 Å². The van der Waals surface area contributed by atoms with Crippen LogP contribution in [-0.4, -0.2) is 41.0 Å². The zero-order chi connectivity index (χ0) is 19.1. The van der Waals surface area contributed by atoms with Gasteiger partial charge < -0.3 is 10.4 Å². The lowest BCUT2D eigenvalue weighted by atomic mass is 9.94. The monoisotopic (exact) mass is 366 g/mol. The number of carbonyl (C=O) groups is 2. The number of aliphatic carboxylic acids is 1. The average molecular weight is 366 g/mol. The van der Waals surface area contributed by atoms with Crippen LogP contribution in [0, 0.1) is 5.92 Å². The first-order valence-corrected chi connectivity index (χ1v) is 9.45. The van der Waals surface area contributed by atoms with E-state index in [-0.39, 0.29) is 11.8 Å². The Kier molecular flexibility index (Phi) is 6.60. The second-order valence-corrected chi connectivity index (χ2v) is 7.13. The summed E-state index contributed by atoms with van der Waals surface area (Å²) in [4.78, 5) is 26.5. The van der Waals surface area contributed by atoms with Crippen molar-refractivity contribution in [2.45, 2.75) is 31.8 Å². The number of carboxylic acid groups (broad SMARTS) is 1. The van der Waals surface area contributed by atoms with Gasteiger partial charge in [-0.15, -0.1) is 0 Å². The van der Waals surface area contributed by atoms with Gasteiger partial charge in [0.25, 0.3) is 0 Å². The number of benzene rings is 2. The summed E-state index contributed by atoms with van der Waals surface area (Å²) in [5.74, 6) is -1.25. The molecule has 0 aliphatic carbocycles. The van der Waals surface area contributed by atoms with Crippen LogP contribution in [0.3, 0.4) is 0 Å². The highest BCUT2D eigenvalue weighted by molar-refractivity contribution is 5.85. The maximum atomic E-state index is 12.6. The Bertz CT molecular complexity index is 741. The molecule has 5 heteroatoms. The molecule has 0 unspecified atom stereocenters. The van der Waals surface area contributed by atoms with E-state index in [2.05, 4.69) is 22.3 Å². The van der Waals surface area contributed by atoms with Crippen molar-refractivity contribution < 1.29 is 14.7 Å². The van der Waals surface area contributed by atoms with Gasteiger partial charge in [0, 0.05) is 18.9 Å². The Morgan fingerprint density at radius 2 is 1.52 bits per heavy atom. The quantitative estimate of drug-likeness (QED) is 0.791. The molecule has 1 saturated heterocycles. The molecule has 0 bridgehead atoms. The van der Waals surface area contributed by atoms with Crippen LogP contribution >= 0.6 is 0 Å². The first-order valence-electron chi connectivity index (χ1n) is 9.45. The highest BCUT2D eigenvalue weighted by Gasteiger charge is 2.28. The minimum absolute atomic E-state index is 0.116. The third-order valence-corrected chi connectivity index (χ3v) is 5.10. The Morgan fingerprint density at radius 3 is 2.07 bits per heavy atom. The minimum Gasteiger partial charge on any atom is -0.480 e. The maximum absolute atomic E-state index is 12.6. The lowest BCUT2D eigenvalue weighted by molar-refractivity contribution is -0.142. The normalized spacial score (nSPS) is 16.6. The first-order chi connectivity index (χ1) is 13.1. The summed E-state index contributed by atoms with van der Waals surface area (Å²) in [7, 11) is 0. The zero-order valence-corrected chi connectivity index (χ0v) is 15.4. The Balaban J connectivity index is 1.49. The average Bonchev–Trinajstić information content (AvgIpc) is 2.69. The van der Waals surface area contributed by atoms with Gasteiger partial charge in [-0.2, -0.15) is 0 Å². The molecule has 5 nitrogen and oxygen atoms in total. The van der Waals surface area contributed by atoms with E-state index in [1.807, 2.05) is 48.5 Å². The lowest BCUT2D eigenvalue weighted by Crippen LogP contribution is -2.47. The first kappa shape index (κ1) is 19.1. The fraction of sp³-hybridized carbons (Fsp3) is 0.364. The van der Waals surface area contributed by atoms with Crippen molar-refractivity contribution in [2.75, 3.05) is 13.1 Å². The molecule has 2 aromatic rings. The summed E-state index contributed by atoms with van der Waals surface area (Å²) < 4.78 is 0. The predicted molar refractivity (Wildman–Crippen MR) is 104 cm³/mol. The van der Waals surface area contributed by atoms with Crippen molar-refractivity contribution in [1.82, 2.24) is 10.2 Å². The van der Waals surface area contributed by atoms with Crippen LogP contribution in [0.4, 0.5) is 0 Å². The standard InChI is InChI=1S/C22H26N2O3/c25-21(23-20(22(26)27)15-17-7-3-1-4-8-17)19-11-13-24(14-12-19)16-18-9-5-2-6-10-18/h1-10,19-20H,11-16H2,(H,23,25)(H,26,27)/t20-/m1/s1. The molecule has 1 aliphatic rings. The number of carbonyl (C=O) groups excluding carboxylic acids is 1. The van der Waals surface area contributed by atoms with E-state index in [9.17, 15) is 14.7 Å². The molecule has 1 fully saturated rings. The molecular formula is C22H26N2O3. The number of likely N-dealkylation sites (tertiary alicyclic amines) is 1. The van der Waals surface area contributed by atoms with Crippen LogP contribution in [0.2, 0.25) is 0 Å². The number of hydrogen-bond acceptors (Lipinski definition) is 3. The molecule has 2 aromatic carbocycles. The summed E-state index contributed by atoms with van der Waals surface area (Å²) in [5, 5.41) is 12.2. The molecule has 3 rings (SSSR count). The van der Waals surface area contributed by atoms with Crippen molar-refractivity contribution in [3.05, 3.63) is 71.8 Å². The highest BCUT2D eigenvalue weighted by atomic mass is 16.4. The van der Waals surface area contributed by atoms with Crippen molar-refractivity contribution in [2.24, 2.45) is 5.92 Å². The lowest BCUT2D eigenvalue weighted by Gasteiger charge is -2.31. The van der Waals surface area contributed by atoms with Gasteiger partial charge >= 0.3 is 5.97 Å². The van der Waals surface area contributed by atoms with E-state index in [1.54, 1.807) is 0 Å². The molecule has 1 aliphatic heterocycles. The molecule has 1 heterocycles. The van der Waals surface area contributed by atoms with Crippen molar-refractivity contribution in [3.63, 3.8) is 0 Å². The van der Waals surface area contributed by atoms with E-state index in [0.717, 1.165) is 38.0 Å². The van der Waals surface area contributed by atoms with Crippen LogP contribution in [0.1, 0.15) is 24.0 Å². The minimum atomic E-state index is -0.992. The molecule has 2 N–H and O–H groups in total. The molecular weight excluding hydrogens is 340 g/mol. The predicted octanol–water partition coefficient (Wildman–Crippen LogP) is 2.71. The molecule has 1 amide bonds. The molecule has 1 atom stereocenters. The Morgan fingerprint density at radius 1 is 0.963 bits per heavy atom. The van der Waals surface area contributed by atoms with Gasteiger partial charge in [-0.05, 0) is 37.1 Å². The van der Waals surface area contributed by atoms with Crippen LogP contribution in [-0.2, 0) is 22.6 Å². The van der Waals surface area contributed by atoms with E-state index < -0.39 is 12.0 Å². The molecule has 142 valence electrons. The summed E-state index contributed by atoms with van der Waals surface area (Å²) in [6.07, 6.45) is 1.82. The van der Waals surface area contributed by atoms with E-state index in [1.165, 1.54) is 5.56 Å². The summed E-state index contributed by atoms with van der Waals surface area (Å²) in [5.41, 5.74) is 2.18. The van der Waals surface area contributed by atoms with Gasteiger partial charge in [0.1, 0.15) is 6.04 Å². The smallest absolute Gasteiger partial charge is 0.326 e. The van der Waals surface area contributed by atoms with Gasteiger partial charge in [-0.25, -0.2) is 4.79 Å². The fourth-order valence-electron chi connectivity index (χ4n) is 3.53. The number of piperidine rings is 1. The number of rotatable bonds is 7.